The molecule has 0 fully saturated rings. The van der Waals surface area contributed by atoms with Crippen LogP contribution in [0.4, 0.5) is 0 Å². The van der Waals surface area contributed by atoms with E-state index in [1.54, 1.807) is 42.5 Å². The van der Waals surface area contributed by atoms with Crippen molar-refractivity contribution >= 4 is 43.5 Å². The number of aryl methyl sites for hydroxylation is 1. The molecule has 0 unspecified atom stereocenters. The Morgan fingerprint density at radius 2 is 1.50 bits per heavy atom. The number of benzene rings is 3. The lowest BCUT2D eigenvalue weighted by Crippen LogP contribution is -2.31. The van der Waals surface area contributed by atoms with Crippen LogP contribution in [0.5, 0.6) is 0 Å². The van der Waals surface area contributed by atoms with Crippen LogP contribution in [0.3, 0.4) is 0 Å². The maximum atomic E-state index is 12.9. The number of carbonyl (C=O) groups is 1. The van der Waals surface area contributed by atoms with Crippen LogP contribution in [0, 0.1) is 6.92 Å². The van der Waals surface area contributed by atoms with Gasteiger partial charge in [0.15, 0.2) is 0 Å². The molecule has 0 bridgehead atoms. The van der Waals surface area contributed by atoms with E-state index in [0.717, 1.165) is 15.6 Å². The molecule has 3 rings (SSSR count). The topological polar surface area (TPSA) is 63.2 Å². The van der Waals surface area contributed by atoms with Gasteiger partial charge < -0.3 is 0 Å². The summed E-state index contributed by atoms with van der Waals surface area (Å²) in [4.78, 5) is 12.9. The summed E-state index contributed by atoms with van der Waals surface area (Å²) >= 11 is 3.38. The minimum Gasteiger partial charge on any atom is -0.268 e. The molecule has 3 aromatic carbocycles. The first-order valence-electron chi connectivity index (χ1n) is 8.52. The molecule has 142 valence electrons. The van der Waals surface area contributed by atoms with Crippen molar-refractivity contribution in [2.75, 3.05) is 0 Å². The number of sulfonamides is 1. The molecule has 0 radical (unpaired) electrons. The van der Waals surface area contributed by atoms with Crippen LogP contribution in [-0.2, 0) is 14.8 Å². The third-order valence-corrected chi connectivity index (χ3v) is 5.94. The Kier molecular flexibility index (Phi) is 6.11. The molecule has 0 aromatic heterocycles. The summed E-state index contributed by atoms with van der Waals surface area (Å²) in [6.07, 6.45) is 1.67. The first kappa shape index (κ1) is 20.0. The molecule has 0 aliphatic rings. The van der Waals surface area contributed by atoms with E-state index in [-0.39, 0.29) is 10.5 Å². The fourth-order valence-electron chi connectivity index (χ4n) is 2.58. The van der Waals surface area contributed by atoms with Gasteiger partial charge in [0.1, 0.15) is 0 Å². The zero-order valence-corrected chi connectivity index (χ0v) is 17.5. The molecule has 0 saturated heterocycles. The van der Waals surface area contributed by atoms with E-state index < -0.39 is 15.9 Å². The standard InChI is InChI=1S/C22H18BrNO3S/c1-16-7-13-20(14-8-16)28(26,27)24-22(25)21(18-5-3-2-4-6-18)15-17-9-11-19(23)12-10-17/h2-15H,1H3,(H,24,25)/b21-15+. The Balaban J connectivity index is 1.97. The van der Waals surface area contributed by atoms with Gasteiger partial charge in [0, 0.05) is 10.0 Å². The number of amides is 1. The van der Waals surface area contributed by atoms with Gasteiger partial charge >= 0.3 is 0 Å². The minimum atomic E-state index is -3.98. The van der Waals surface area contributed by atoms with Gasteiger partial charge in [-0.3, -0.25) is 4.79 Å². The van der Waals surface area contributed by atoms with Crippen molar-refractivity contribution in [2.45, 2.75) is 11.8 Å². The van der Waals surface area contributed by atoms with E-state index in [1.807, 2.05) is 37.3 Å². The second kappa shape index (κ2) is 8.54. The molecule has 0 aliphatic carbocycles. The Morgan fingerprint density at radius 1 is 0.893 bits per heavy atom. The number of carbonyl (C=O) groups excluding carboxylic acids is 1. The summed E-state index contributed by atoms with van der Waals surface area (Å²) < 4.78 is 28.3. The quantitative estimate of drug-likeness (QED) is 0.443. The SMILES string of the molecule is Cc1ccc(S(=O)(=O)NC(=O)/C(=C/c2ccc(Br)cc2)c2ccccc2)cc1. The molecule has 0 spiro atoms. The van der Waals surface area contributed by atoms with Crippen molar-refractivity contribution in [3.8, 4) is 0 Å². The average Bonchev–Trinajstić information content (AvgIpc) is 2.68. The Labute approximate surface area is 173 Å². The zero-order valence-electron chi connectivity index (χ0n) is 15.1. The number of halogens is 1. The molecular weight excluding hydrogens is 438 g/mol. The van der Waals surface area contributed by atoms with Gasteiger partial charge in [-0.2, -0.15) is 0 Å². The molecule has 1 amide bonds. The second-order valence-corrected chi connectivity index (χ2v) is 8.82. The second-order valence-electron chi connectivity index (χ2n) is 6.22. The highest BCUT2D eigenvalue weighted by molar-refractivity contribution is 9.10. The van der Waals surface area contributed by atoms with Gasteiger partial charge in [-0.05, 0) is 48.4 Å². The number of hydrogen-bond acceptors (Lipinski definition) is 3. The summed E-state index contributed by atoms with van der Waals surface area (Å²) in [5.41, 5.74) is 2.61. The molecular formula is C22H18BrNO3S. The highest BCUT2D eigenvalue weighted by Crippen LogP contribution is 2.21. The van der Waals surface area contributed by atoms with Crippen molar-refractivity contribution in [1.29, 1.82) is 0 Å². The molecule has 1 N–H and O–H groups in total. The van der Waals surface area contributed by atoms with Crippen LogP contribution in [0.15, 0.2) is 88.2 Å². The number of nitrogens with one attached hydrogen (secondary N) is 1. The van der Waals surface area contributed by atoms with E-state index in [0.29, 0.717) is 5.56 Å². The van der Waals surface area contributed by atoms with Crippen LogP contribution < -0.4 is 4.72 Å². The van der Waals surface area contributed by atoms with Gasteiger partial charge in [-0.1, -0.05) is 76.1 Å². The van der Waals surface area contributed by atoms with E-state index in [9.17, 15) is 13.2 Å². The molecule has 0 heterocycles. The monoisotopic (exact) mass is 455 g/mol. The van der Waals surface area contributed by atoms with Crippen LogP contribution in [0.2, 0.25) is 0 Å². The summed E-state index contributed by atoms with van der Waals surface area (Å²) in [5, 5.41) is 0. The van der Waals surface area contributed by atoms with Gasteiger partial charge in [-0.25, -0.2) is 13.1 Å². The van der Waals surface area contributed by atoms with E-state index in [2.05, 4.69) is 20.7 Å². The van der Waals surface area contributed by atoms with Crippen molar-refractivity contribution in [1.82, 2.24) is 4.72 Å². The molecule has 0 aliphatic heterocycles. The minimum absolute atomic E-state index is 0.0440. The number of hydrogen-bond donors (Lipinski definition) is 1. The first-order valence-corrected chi connectivity index (χ1v) is 10.8. The van der Waals surface area contributed by atoms with Gasteiger partial charge in [0.25, 0.3) is 15.9 Å². The fraction of sp³-hybridized carbons (Fsp3) is 0.0455. The van der Waals surface area contributed by atoms with Crippen LogP contribution in [0.1, 0.15) is 16.7 Å². The Morgan fingerprint density at radius 3 is 2.11 bits per heavy atom. The van der Waals surface area contributed by atoms with E-state index >= 15 is 0 Å². The Bertz CT molecular complexity index is 1100. The van der Waals surface area contributed by atoms with Crippen molar-refractivity contribution in [3.05, 3.63) is 100 Å². The highest BCUT2D eigenvalue weighted by Gasteiger charge is 2.21. The van der Waals surface area contributed by atoms with E-state index in [4.69, 9.17) is 0 Å². The summed E-state index contributed by atoms with van der Waals surface area (Å²) in [5.74, 6) is -0.685. The van der Waals surface area contributed by atoms with Gasteiger partial charge in [0.2, 0.25) is 0 Å². The van der Waals surface area contributed by atoms with Crippen molar-refractivity contribution in [2.24, 2.45) is 0 Å². The van der Waals surface area contributed by atoms with Gasteiger partial charge in [-0.15, -0.1) is 0 Å². The third kappa shape index (κ3) is 4.97. The molecule has 4 nitrogen and oxygen atoms in total. The summed E-state index contributed by atoms with van der Waals surface area (Å²) in [7, 11) is -3.98. The average molecular weight is 456 g/mol. The van der Waals surface area contributed by atoms with Crippen LogP contribution >= 0.6 is 15.9 Å². The molecule has 0 atom stereocenters. The van der Waals surface area contributed by atoms with Crippen molar-refractivity contribution in [3.63, 3.8) is 0 Å². The Hall–Kier alpha value is -2.70. The predicted octanol–water partition coefficient (Wildman–Crippen LogP) is 4.80. The van der Waals surface area contributed by atoms with E-state index in [1.165, 1.54) is 12.1 Å². The molecule has 28 heavy (non-hydrogen) atoms. The third-order valence-electron chi connectivity index (χ3n) is 4.07. The molecule has 0 saturated carbocycles. The van der Waals surface area contributed by atoms with Crippen LogP contribution in [-0.4, -0.2) is 14.3 Å². The smallest absolute Gasteiger partial charge is 0.265 e. The van der Waals surface area contributed by atoms with Gasteiger partial charge in [0.05, 0.1) is 4.90 Å². The molecule has 3 aromatic rings. The number of rotatable bonds is 5. The normalized spacial score (nSPS) is 11.9. The maximum absolute atomic E-state index is 12.9. The van der Waals surface area contributed by atoms with Crippen LogP contribution in [0.25, 0.3) is 11.6 Å². The highest BCUT2D eigenvalue weighted by atomic mass is 79.9. The summed E-state index contributed by atoms with van der Waals surface area (Å²) in [6.45, 7) is 1.86. The van der Waals surface area contributed by atoms with Crippen molar-refractivity contribution < 1.29 is 13.2 Å². The zero-order chi connectivity index (χ0) is 20.1. The lowest BCUT2D eigenvalue weighted by Gasteiger charge is -2.11. The predicted molar refractivity (Wildman–Crippen MR) is 115 cm³/mol. The lowest BCUT2D eigenvalue weighted by molar-refractivity contribution is -0.113. The maximum Gasteiger partial charge on any atom is 0.265 e. The fourth-order valence-corrected chi connectivity index (χ4v) is 3.81. The lowest BCUT2D eigenvalue weighted by atomic mass is 10.0. The molecule has 6 heteroatoms. The first-order chi connectivity index (χ1) is 13.3. The largest absolute Gasteiger partial charge is 0.268 e. The summed E-state index contributed by atoms with van der Waals surface area (Å²) in [6, 6.07) is 22.7.